The normalized spacial score (nSPS) is 13.1. The molecule has 1 unspecified atom stereocenters. The van der Waals surface area contributed by atoms with E-state index < -0.39 is 0 Å². The lowest BCUT2D eigenvalue weighted by Gasteiger charge is -2.11. The summed E-state index contributed by atoms with van der Waals surface area (Å²) in [6.45, 7) is 4.36. The zero-order valence-electron chi connectivity index (χ0n) is 9.82. The van der Waals surface area contributed by atoms with Gasteiger partial charge in [0.25, 0.3) is 0 Å². The van der Waals surface area contributed by atoms with E-state index in [1.807, 2.05) is 24.3 Å². The summed E-state index contributed by atoms with van der Waals surface area (Å²) in [6, 6.07) is 7.74. The van der Waals surface area contributed by atoms with Gasteiger partial charge in [-0.1, -0.05) is 25.4 Å². The van der Waals surface area contributed by atoms with Gasteiger partial charge in [0, 0.05) is 15.7 Å². The highest BCUT2D eigenvalue weighted by Gasteiger charge is 2.06. The predicted molar refractivity (Wildman–Crippen MR) is 72.3 cm³/mol. The minimum atomic E-state index is -0.205. The van der Waals surface area contributed by atoms with Crippen LogP contribution in [0.5, 0.6) is 0 Å². The maximum atomic E-state index is 9.77. The standard InChI is InChI=1S/C13H19ClOS/c1-10(2)3-6-12(15)9-16-13-7-4-11(14)5-8-13/h4-5,7-8,10,12,15H,3,6,9H2,1-2H3. The molecule has 1 aromatic rings. The van der Waals surface area contributed by atoms with Gasteiger partial charge in [0.15, 0.2) is 0 Å². The van der Waals surface area contributed by atoms with E-state index in [4.69, 9.17) is 11.6 Å². The van der Waals surface area contributed by atoms with Crippen molar-refractivity contribution in [1.82, 2.24) is 0 Å². The van der Waals surface area contributed by atoms with E-state index in [2.05, 4.69) is 13.8 Å². The molecule has 0 aliphatic carbocycles. The highest BCUT2D eigenvalue weighted by molar-refractivity contribution is 7.99. The van der Waals surface area contributed by atoms with E-state index >= 15 is 0 Å². The van der Waals surface area contributed by atoms with Crippen LogP contribution in [0.15, 0.2) is 29.2 Å². The minimum absolute atomic E-state index is 0.205. The molecule has 90 valence electrons. The maximum Gasteiger partial charge on any atom is 0.0634 e. The van der Waals surface area contributed by atoms with Crippen LogP contribution in [0.2, 0.25) is 5.02 Å². The molecule has 1 N–H and O–H groups in total. The third-order valence-electron chi connectivity index (χ3n) is 2.33. The highest BCUT2D eigenvalue weighted by atomic mass is 35.5. The van der Waals surface area contributed by atoms with Gasteiger partial charge in [-0.2, -0.15) is 0 Å². The van der Waals surface area contributed by atoms with E-state index in [0.29, 0.717) is 5.92 Å². The van der Waals surface area contributed by atoms with Gasteiger partial charge in [-0.05, 0) is 43.0 Å². The first-order chi connectivity index (χ1) is 7.58. The van der Waals surface area contributed by atoms with Gasteiger partial charge in [0.1, 0.15) is 0 Å². The summed E-state index contributed by atoms with van der Waals surface area (Å²) in [5.74, 6) is 1.42. The molecule has 3 heteroatoms. The molecule has 0 radical (unpaired) electrons. The first-order valence-corrected chi connectivity index (χ1v) is 7.00. The number of hydrogen-bond donors (Lipinski definition) is 1. The Morgan fingerprint density at radius 1 is 1.19 bits per heavy atom. The summed E-state index contributed by atoms with van der Waals surface area (Å²) < 4.78 is 0. The van der Waals surface area contributed by atoms with Gasteiger partial charge in [0.05, 0.1) is 6.10 Å². The summed E-state index contributed by atoms with van der Waals surface area (Å²) in [5.41, 5.74) is 0. The zero-order chi connectivity index (χ0) is 12.0. The van der Waals surface area contributed by atoms with Crippen LogP contribution in [0.3, 0.4) is 0 Å². The minimum Gasteiger partial charge on any atom is -0.392 e. The maximum absolute atomic E-state index is 9.77. The fourth-order valence-corrected chi connectivity index (χ4v) is 2.34. The van der Waals surface area contributed by atoms with Crippen molar-refractivity contribution in [1.29, 1.82) is 0 Å². The molecule has 0 saturated carbocycles. The van der Waals surface area contributed by atoms with E-state index in [-0.39, 0.29) is 6.10 Å². The number of rotatable bonds is 6. The topological polar surface area (TPSA) is 20.2 Å². The van der Waals surface area contributed by atoms with E-state index in [9.17, 15) is 5.11 Å². The highest BCUT2D eigenvalue weighted by Crippen LogP contribution is 2.22. The zero-order valence-corrected chi connectivity index (χ0v) is 11.4. The van der Waals surface area contributed by atoms with Crippen molar-refractivity contribution in [2.45, 2.75) is 37.7 Å². The number of aliphatic hydroxyl groups is 1. The molecule has 0 spiro atoms. The predicted octanol–water partition coefficient (Wildman–Crippen LogP) is 4.23. The van der Waals surface area contributed by atoms with Crippen LogP contribution in [0.4, 0.5) is 0 Å². The molecule has 16 heavy (non-hydrogen) atoms. The molecule has 0 heterocycles. The Morgan fingerprint density at radius 3 is 2.38 bits per heavy atom. The molecular weight excluding hydrogens is 240 g/mol. The molecule has 0 bridgehead atoms. The lowest BCUT2D eigenvalue weighted by Crippen LogP contribution is -2.10. The fraction of sp³-hybridized carbons (Fsp3) is 0.538. The third kappa shape index (κ3) is 5.78. The monoisotopic (exact) mass is 258 g/mol. The average Bonchev–Trinajstić information content (AvgIpc) is 2.25. The van der Waals surface area contributed by atoms with Crippen LogP contribution >= 0.6 is 23.4 Å². The summed E-state index contributed by atoms with van der Waals surface area (Å²) in [7, 11) is 0. The van der Waals surface area contributed by atoms with Crippen LogP contribution in [0, 0.1) is 5.92 Å². The van der Waals surface area contributed by atoms with Crippen molar-refractivity contribution in [2.75, 3.05) is 5.75 Å². The molecule has 0 fully saturated rings. The number of benzene rings is 1. The third-order valence-corrected chi connectivity index (χ3v) is 3.74. The number of halogens is 1. The molecule has 1 rings (SSSR count). The Labute approximate surface area is 107 Å². The van der Waals surface area contributed by atoms with Crippen molar-refractivity contribution in [3.63, 3.8) is 0 Å². The molecule has 0 aliphatic heterocycles. The Morgan fingerprint density at radius 2 is 1.81 bits per heavy atom. The van der Waals surface area contributed by atoms with E-state index in [0.717, 1.165) is 28.5 Å². The molecule has 0 aliphatic rings. The number of hydrogen-bond acceptors (Lipinski definition) is 2. The molecule has 0 saturated heterocycles. The first kappa shape index (κ1) is 13.9. The van der Waals surface area contributed by atoms with Crippen LogP contribution in [-0.4, -0.2) is 17.0 Å². The fourth-order valence-electron chi connectivity index (χ4n) is 1.33. The van der Waals surface area contributed by atoms with Crippen molar-refractivity contribution in [3.05, 3.63) is 29.3 Å². The van der Waals surface area contributed by atoms with Crippen LogP contribution in [0.25, 0.3) is 0 Å². The summed E-state index contributed by atoms with van der Waals surface area (Å²) in [4.78, 5) is 1.16. The van der Waals surface area contributed by atoms with Crippen LogP contribution in [0.1, 0.15) is 26.7 Å². The summed E-state index contributed by atoms with van der Waals surface area (Å²) in [5, 5.41) is 10.5. The number of thioether (sulfide) groups is 1. The molecule has 1 nitrogen and oxygen atoms in total. The molecule has 1 atom stereocenters. The van der Waals surface area contributed by atoms with Crippen molar-refractivity contribution < 1.29 is 5.11 Å². The smallest absolute Gasteiger partial charge is 0.0634 e. The Kier molecular flexibility index (Phi) is 6.25. The van der Waals surface area contributed by atoms with Gasteiger partial charge in [0.2, 0.25) is 0 Å². The summed E-state index contributed by atoms with van der Waals surface area (Å²) >= 11 is 7.48. The molecule has 1 aromatic carbocycles. The molecular formula is C13H19ClOS. The Balaban J connectivity index is 2.26. The Bertz CT molecular complexity index is 297. The second-order valence-electron chi connectivity index (χ2n) is 4.39. The quantitative estimate of drug-likeness (QED) is 0.771. The average molecular weight is 259 g/mol. The van der Waals surface area contributed by atoms with Crippen LogP contribution < -0.4 is 0 Å². The first-order valence-electron chi connectivity index (χ1n) is 5.64. The second kappa shape index (κ2) is 7.21. The SMILES string of the molecule is CC(C)CCC(O)CSc1ccc(Cl)cc1. The lowest BCUT2D eigenvalue weighted by atomic mass is 10.1. The van der Waals surface area contributed by atoms with Gasteiger partial charge in [-0.15, -0.1) is 11.8 Å². The second-order valence-corrected chi connectivity index (χ2v) is 5.92. The van der Waals surface area contributed by atoms with Crippen molar-refractivity contribution >= 4 is 23.4 Å². The van der Waals surface area contributed by atoms with Gasteiger partial charge >= 0.3 is 0 Å². The van der Waals surface area contributed by atoms with Gasteiger partial charge in [-0.25, -0.2) is 0 Å². The molecule has 0 amide bonds. The van der Waals surface area contributed by atoms with Gasteiger partial charge in [-0.3, -0.25) is 0 Å². The van der Waals surface area contributed by atoms with Crippen LogP contribution in [-0.2, 0) is 0 Å². The van der Waals surface area contributed by atoms with E-state index in [1.54, 1.807) is 11.8 Å². The number of aliphatic hydroxyl groups excluding tert-OH is 1. The van der Waals surface area contributed by atoms with Crippen molar-refractivity contribution in [2.24, 2.45) is 5.92 Å². The van der Waals surface area contributed by atoms with Crippen molar-refractivity contribution in [3.8, 4) is 0 Å². The van der Waals surface area contributed by atoms with Gasteiger partial charge < -0.3 is 5.11 Å². The lowest BCUT2D eigenvalue weighted by molar-refractivity contribution is 0.180. The molecule has 0 aromatic heterocycles. The van der Waals surface area contributed by atoms with E-state index in [1.165, 1.54) is 0 Å². The largest absolute Gasteiger partial charge is 0.392 e. The Hall–Kier alpha value is -0.180. The summed E-state index contributed by atoms with van der Waals surface area (Å²) in [6.07, 6.45) is 1.77.